The maximum Gasteiger partial charge on any atom is 0.253 e. The van der Waals surface area contributed by atoms with Gasteiger partial charge < -0.3 is 24.5 Å². The zero-order chi connectivity index (χ0) is 30.0. The van der Waals surface area contributed by atoms with Crippen LogP contribution in [0.2, 0.25) is 0 Å². The highest BCUT2D eigenvalue weighted by Gasteiger charge is 2.52. The molecule has 43 heavy (non-hydrogen) atoms. The Morgan fingerprint density at radius 1 is 0.651 bits per heavy atom. The van der Waals surface area contributed by atoms with Gasteiger partial charge in [-0.3, -0.25) is 9.59 Å². The molecule has 0 aromatic heterocycles. The molecule has 0 spiro atoms. The van der Waals surface area contributed by atoms with E-state index >= 15 is 0 Å². The largest absolute Gasteiger partial charge is 0.383 e. The molecule has 0 saturated carbocycles. The topological polar surface area (TPSA) is 73.9 Å². The van der Waals surface area contributed by atoms with E-state index in [0.717, 1.165) is 11.4 Å². The monoisotopic (exact) mass is 590 g/mol. The summed E-state index contributed by atoms with van der Waals surface area (Å²) in [6.45, 7) is 4.38. The van der Waals surface area contributed by atoms with E-state index in [9.17, 15) is 9.59 Å². The molecule has 7 nitrogen and oxygen atoms in total. The summed E-state index contributed by atoms with van der Waals surface area (Å²) in [6.07, 6.45) is 0. The van der Waals surface area contributed by atoms with E-state index in [4.69, 9.17) is 4.52 Å². The molecule has 0 amide bonds. The van der Waals surface area contributed by atoms with Gasteiger partial charge in [-0.05, 0) is 49.2 Å². The van der Waals surface area contributed by atoms with Crippen LogP contribution >= 0.6 is 8.45 Å². The first-order valence-corrected chi connectivity index (χ1v) is 15.6. The van der Waals surface area contributed by atoms with Gasteiger partial charge in [-0.1, -0.05) is 97.1 Å². The minimum absolute atomic E-state index is 0.0643. The number of para-hydroxylation sites is 2. The number of rotatable bonds is 10. The van der Waals surface area contributed by atoms with Gasteiger partial charge in [0.25, 0.3) is 10.9 Å². The molecule has 1 saturated heterocycles. The van der Waals surface area contributed by atoms with Gasteiger partial charge in [-0.25, -0.2) is 0 Å². The molecule has 8 heteroatoms. The first kappa shape index (κ1) is 28.7. The van der Waals surface area contributed by atoms with Crippen molar-refractivity contribution in [3.8, 4) is 0 Å². The number of hydrogen-bond donors (Lipinski definition) is 2. The van der Waals surface area contributed by atoms with Crippen LogP contribution in [-0.2, 0) is 4.52 Å². The highest BCUT2D eigenvalue weighted by Crippen LogP contribution is 2.68. The van der Waals surface area contributed by atoms with Crippen molar-refractivity contribution in [1.82, 2.24) is 0 Å². The van der Waals surface area contributed by atoms with Crippen molar-refractivity contribution in [3.05, 3.63) is 153 Å². The Labute approximate surface area is 253 Å². The Morgan fingerprint density at radius 2 is 1.05 bits per heavy atom. The molecule has 1 aliphatic rings. The summed E-state index contributed by atoms with van der Waals surface area (Å²) < 4.78 is 12.0. The third-order valence-corrected chi connectivity index (χ3v) is 10.1. The maximum atomic E-state index is 12.3. The highest BCUT2D eigenvalue weighted by molar-refractivity contribution is 7.56. The fourth-order valence-electron chi connectivity index (χ4n) is 5.65. The SMILES string of the molecule is CNc1c(NCC(C)(C)OP2N(c3ccccc3)[C@H](c3ccccc3)[C@@H](c3ccccc3)N2c2ccccc2)c(=O)c1=O. The van der Waals surface area contributed by atoms with Crippen molar-refractivity contribution in [3.63, 3.8) is 0 Å². The molecule has 1 fully saturated rings. The summed E-state index contributed by atoms with van der Waals surface area (Å²) in [6, 6.07) is 41.9. The van der Waals surface area contributed by atoms with Crippen LogP contribution in [0.5, 0.6) is 0 Å². The van der Waals surface area contributed by atoms with E-state index in [0.29, 0.717) is 17.9 Å². The van der Waals surface area contributed by atoms with Crippen LogP contribution in [0.4, 0.5) is 22.7 Å². The highest BCUT2D eigenvalue weighted by atomic mass is 31.2. The third-order valence-electron chi connectivity index (χ3n) is 7.70. The summed E-state index contributed by atoms with van der Waals surface area (Å²) in [7, 11) is 0.200. The summed E-state index contributed by atoms with van der Waals surface area (Å²) in [5.41, 5.74) is 3.41. The molecule has 0 bridgehead atoms. The van der Waals surface area contributed by atoms with Gasteiger partial charge in [0.1, 0.15) is 11.4 Å². The first-order valence-electron chi connectivity index (χ1n) is 14.4. The van der Waals surface area contributed by atoms with E-state index < -0.39 is 24.9 Å². The first-order chi connectivity index (χ1) is 20.9. The van der Waals surface area contributed by atoms with Gasteiger partial charge in [-0.2, -0.15) is 0 Å². The van der Waals surface area contributed by atoms with E-state index in [1.54, 1.807) is 7.05 Å². The molecule has 5 aromatic rings. The van der Waals surface area contributed by atoms with Crippen LogP contribution in [0.1, 0.15) is 37.1 Å². The van der Waals surface area contributed by atoms with Crippen LogP contribution in [0.25, 0.3) is 0 Å². The molecule has 0 unspecified atom stereocenters. The molecule has 0 aliphatic carbocycles. The Kier molecular flexibility index (Phi) is 8.02. The molecule has 2 atom stereocenters. The molecule has 1 aliphatic heterocycles. The molecule has 218 valence electrons. The molecule has 1 heterocycles. The number of hydrogen-bond acceptors (Lipinski definition) is 7. The minimum atomic E-state index is -1.45. The summed E-state index contributed by atoms with van der Waals surface area (Å²) >= 11 is 0. The maximum absolute atomic E-state index is 12.3. The Morgan fingerprint density at radius 3 is 1.47 bits per heavy atom. The lowest BCUT2D eigenvalue weighted by Gasteiger charge is -2.38. The van der Waals surface area contributed by atoms with E-state index in [-0.39, 0.29) is 12.1 Å². The average molecular weight is 591 g/mol. The van der Waals surface area contributed by atoms with Crippen molar-refractivity contribution in [2.24, 2.45) is 0 Å². The second kappa shape index (κ2) is 12.0. The van der Waals surface area contributed by atoms with Crippen LogP contribution in [0, 0.1) is 0 Å². The number of anilines is 4. The average Bonchev–Trinajstić information content (AvgIpc) is 3.38. The second-order valence-electron chi connectivity index (χ2n) is 11.2. The predicted molar refractivity (Wildman–Crippen MR) is 178 cm³/mol. The van der Waals surface area contributed by atoms with E-state index in [1.165, 1.54) is 11.1 Å². The van der Waals surface area contributed by atoms with Crippen LogP contribution in [0.3, 0.4) is 0 Å². The number of benzene rings is 4. The zero-order valence-electron chi connectivity index (χ0n) is 24.5. The van der Waals surface area contributed by atoms with Crippen LogP contribution < -0.4 is 30.8 Å². The standard InChI is InChI=1S/C35H35N4O3P/c1-35(2,24-37-30-29(36-3)33(40)34(30)41)42-43-38(27-20-12-6-13-21-27)31(25-16-8-4-9-17-25)32(26-18-10-5-11-19-26)39(43)28-22-14-7-15-23-28/h4-23,31-32,36-37H,24H2,1-3H3/t31-,32-/m1/s1. The number of nitrogens with one attached hydrogen (secondary N) is 2. The van der Waals surface area contributed by atoms with Gasteiger partial charge in [-0.15, -0.1) is 0 Å². The van der Waals surface area contributed by atoms with Gasteiger partial charge in [0.05, 0.1) is 17.7 Å². The van der Waals surface area contributed by atoms with Crippen molar-refractivity contribution < 1.29 is 4.52 Å². The van der Waals surface area contributed by atoms with E-state index in [1.807, 2.05) is 38.1 Å². The van der Waals surface area contributed by atoms with Crippen molar-refractivity contribution in [2.75, 3.05) is 33.6 Å². The lowest BCUT2D eigenvalue weighted by molar-refractivity contribution is 0.142. The quantitative estimate of drug-likeness (QED) is 0.131. The van der Waals surface area contributed by atoms with Gasteiger partial charge in [0.15, 0.2) is 0 Å². The third kappa shape index (κ3) is 5.54. The lowest BCUT2D eigenvalue weighted by atomic mass is 9.92. The zero-order valence-corrected chi connectivity index (χ0v) is 25.4. The molecule has 0 radical (unpaired) electrons. The Bertz CT molecular complexity index is 1640. The Hall–Kier alpha value is -4.45. The number of nitrogens with zero attached hydrogens (tertiary/aromatic N) is 2. The lowest BCUT2D eigenvalue weighted by Crippen LogP contribution is -2.41. The molecule has 6 rings (SSSR count). The van der Waals surface area contributed by atoms with Crippen LogP contribution in [-0.4, -0.2) is 19.2 Å². The van der Waals surface area contributed by atoms with Crippen molar-refractivity contribution >= 4 is 31.2 Å². The normalized spacial score (nSPS) is 17.4. The fraction of sp³-hybridized carbons (Fsp3) is 0.200. The molecular weight excluding hydrogens is 555 g/mol. The molecular formula is C35H35N4O3P. The molecule has 5 aromatic carbocycles. The van der Waals surface area contributed by atoms with Crippen LogP contribution in [0.15, 0.2) is 131 Å². The van der Waals surface area contributed by atoms with Gasteiger partial charge >= 0.3 is 0 Å². The van der Waals surface area contributed by atoms with Gasteiger partial charge in [0.2, 0.25) is 8.45 Å². The van der Waals surface area contributed by atoms with Gasteiger partial charge in [0, 0.05) is 25.0 Å². The fourth-order valence-corrected chi connectivity index (χ4v) is 8.15. The smallest absolute Gasteiger partial charge is 0.253 e. The summed E-state index contributed by atoms with van der Waals surface area (Å²) in [4.78, 5) is 24.3. The van der Waals surface area contributed by atoms with Crippen molar-refractivity contribution in [2.45, 2.75) is 31.5 Å². The minimum Gasteiger partial charge on any atom is -0.383 e. The van der Waals surface area contributed by atoms with Crippen molar-refractivity contribution in [1.29, 1.82) is 0 Å². The van der Waals surface area contributed by atoms with E-state index in [2.05, 4.69) is 117 Å². The Balaban J connectivity index is 1.48. The second-order valence-corrected chi connectivity index (χ2v) is 12.7. The molecule has 2 N–H and O–H groups in total. The summed E-state index contributed by atoms with van der Waals surface area (Å²) in [5, 5.41) is 6.04. The predicted octanol–water partition coefficient (Wildman–Crippen LogP) is 7.27. The summed E-state index contributed by atoms with van der Waals surface area (Å²) in [5.74, 6) is 0.